The van der Waals surface area contributed by atoms with Crippen molar-refractivity contribution < 1.29 is 19.4 Å². The van der Waals surface area contributed by atoms with E-state index in [2.05, 4.69) is 24.3 Å². The molecule has 0 saturated carbocycles. The van der Waals surface area contributed by atoms with E-state index in [9.17, 15) is 4.79 Å². The highest BCUT2D eigenvalue weighted by atomic mass is 16.5. The Hall–Kier alpha value is -3.15. The van der Waals surface area contributed by atoms with Gasteiger partial charge < -0.3 is 20.3 Å². The molecule has 3 N–H and O–H groups in total. The van der Waals surface area contributed by atoms with Crippen LogP contribution in [0.3, 0.4) is 0 Å². The van der Waals surface area contributed by atoms with Gasteiger partial charge in [-0.25, -0.2) is 0 Å². The molecule has 0 fully saturated rings. The molecule has 3 rings (SSSR count). The molecule has 0 amide bonds. The lowest BCUT2D eigenvalue weighted by Gasteiger charge is -2.14. The van der Waals surface area contributed by atoms with Gasteiger partial charge in [0.1, 0.15) is 12.4 Å². The maximum atomic E-state index is 11.1. The fraction of sp³-hybridized carbons (Fsp3) is 0.240. The van der Waals surface area contributed by atoms with Crippen molar-refractivity contribution in [3.8, 4) is 16.9 Å². The highest BCUT2D eigenvalue weighted by Gasteiger charge is 2.10. The number of benzene rings is 3. The molecule has 0 heterocycles. The van der Waals surface area contributed by atoms with Gasteiger partial charge in [0.2, 0.25) is 0 Å². The summed E-state index contributed by atoms with van der Waals surface area (Å²) in [6.45, 7) is 3.44. The largest absolute Gasteiger partial charge is 0.489 e. The number of hydrogen-bond acceptors (Lipinski definition) is 4. The van der Waals surface area contributed by atoms with E-state index in [0.29, 0.717) is 31.1 Å². The van der Waals surface area contributed by atoms with Crippen LogP contribution in [0.15, 0.2) is 72.8 Å². The van der Waals surface area contributed by atoms with Crippen molar-refractivity contribution in [3.63, 3.8) is 0 Å². The van der Waals surface area contributed by atoms with Gasteiger partial charge in [0, 0.05) is 12.2 Å². The van der Waals surface area contributed by atoms with Gasteiger partial charge in [0.25, 0.3) is 0 Å². The smallest absolute Gasteiger partial charge is 0.307 e. The molecule has 5 nitrogen and oxygen atoms in total. The van der Waals surface area contributed by atoms with Crippen LogP contribution in [0.2, 0.25) is 0 Å². The molecule has 0 unspecified atom stereocenters. The molecule has 0 radical (unpaired) electrons. The van der Waals surface area contributed by atoms with Crippen molar-refractivity contribution in [2.45, 2.75) is 26.0 Å². The summed E-state index contributed by atoms with van der Waals surface area (Å²) in [5.41, 5.74) is 11.1. The fourth-order valence-electron chi connectivity index (χ4n) is 3.25. The number of carboxylic acids is 1. The third kappa shape index (κ3) is 5.92. The molecule has 0 aliphatic carbocycles. The Morgan fingerprint density at radius 1 is 1.00 bits per heavy atom. The number of rotatable bonds is 10. The molecule has 0 aliphatic heterocycles. The van der Waals surface area contributed by atoms with Gasteiger partial charge in [-0.1, -0.05) is 54.6 Å². The van der Waals surface area contributed by atoms with Crippen molar-refractivity contribution in [2.75, 3.05) is 13.2 Å². The second-order valence-electron chi connectivity index (χ2n) is 7.06. The molecule has 0 aliphatic rings. The van der Waals surface area contributed by atoms with Crippen LogP contribution in [-0.4, -0.2) is 24.3 Å². The first kappa shape index (κ1) is 21.6. The number of carbonyl (C=O) groups is 1. The molecule has 1 atom stereocenters. The maximum Gasteiger partial charge on any atom is 0.307 e. The molecule has 30 heavy (non-hydrogen) atoms. The summed E-state index contributed by atoms with van der Waals surface area (Å²) in [7, 11) is 0. The van der Waals surface area contributed by atoms with Crippen LogP contribution in [0.4, 0.5) is 0 Å². The number of hydrogen-bond donors (Lipinski definition) is 2. The van der Waals surface area contributed by atoms with E-state index in [-0.39, 0.29) is 12.5 Å². The van der Waals surface area contributed by atoms with E-state index >= 15 is 0 Å². The summed E-state index contributed by atoms with van der Waals surface area (Å²) in [6, 6.07) is 23.3. The van der Waals surface area contributed by atoms with Crippen molar-refractivity contribution in [1.29, 1.82) is 0 Å². The molecule has 3 aromatic rings. The Morgan fingerprint density at radius 3 is 2.50 bits per heavy atom. The summed E-state index contributed by atoms with van der Waals surface area (Å²) in [5, 5.41) is 9.08. The molecule has 3 aromatic carbocycles. The van der Waals surface area contributed by atoms with Crippen molar-refractivity contribution in [3.05, 3.63) is 89.5 Å². The first-order valence-electron chi connectivity index (χ1n) is 10.0. The predicted molar refractivity (Wildman–Crippen MR) is 117 cm³/mol. The van der Waals surface area contributed by atoms with E-state index in [1.54, 1.807) is 12.1 Å². The van der Waals surface area contributed by atoms with Crippen LogP contribution in [0, 0.1) is 0 Å². The van der Waals surface area contributed by atoms with Crippen LogP contribution >= 0.6 is 0 Å². The molecular weight excluding hydrogens is 378 g/mol. The van der Waals surface area contributed by atoms with Crippen molar-refractivity contribution >= 4 is 5.97 Å². The van der Waals surface area contributed by atoms with Crippen LogP contribution in [0.25, 0.3) is 11.1 Å². The predicted octanol–water partition coefficient (Wildman–Crippen LogP) is 4.60. The quantitative estimate of drug-likeness (QED) is 0.515. The lowest BCUT2D eigenvalue weighted by molar-refractivity contribution is -0.136. The molecule has 0 aromatic heterocycles. The molecule has 0 spiro atoms. The number of aliphatic carboxylic acids is 1. The fourth-order valence-corrected chi connectivity index (χ4v) is 3.25. The SMILES string of the molecule is CCOC[C@@H](N)c1cccc(-c2cccc(COc3ccccc3CC(=O)O)c2)c1. The molecule has 0 saturated heterocycles. The number of nitrogens with two attached hydrogens (primary N) is 1. The Labute approximate surface area is 177 Å². The minimum absolute atomic E-state index is 0.0645. The summed E-state index contributed by atoms with van der Waals surface area (Å²) >= 11 is 0. The first-order chi connectivity index (χ1) is 14.6. The minimum Gasteiger partial charge on any atom is -0.489 e. The van der Waals surface area contributed by atoms with Gasteiger partial charge in [0.05, 0.1) is 19.1 Å². The Bertz CT molecular complexity index is 986. The summed E-state index contributed by atoms with van der Waals surface area (Å²) in [6.07, 6.45) is -0.0645. The molecular formula is C25H27NO4. The van der Waals surface area contributed by atoms with E-state index in [1.807, 2.05) is 43.3 Å². The average Bonchev–Trinajstić information content (AvgIpc) is 2.77. The third-order valence-electron chi connectivity index (χ3n) is 4.79. The highest BCUT2D eigenvalue weighted by Crippen LogP contribution is 2.25. The molecule has 0 bridgehead atoms. The van der Waals surface area contributed by atoms with Gasteiger partial charge >= 0.3 is 5.97 Å². The van der Waals surface area contributed by atoms with Crippen molar-refractivity contribution in [2.24, 2.45) is 5.73 Å². The zero-order valence-corrected chi connectivity index (χ0v) is 17.1. The lowest BCUT2D eigenvalue weighted by atomic mass is 9.99. The van der Waals surface area contributed by atoms with Crippen LogP contribution in [-0.2, 0) is 22.6 Å². The normalized spacial score (nSPS) is 11.8. The number of ether oxygens (including phenoxy) is 2. The lowest BCUT2D eigenvalue weighted by Crippen LogP contribution is -2.17. The Kier molecular flexibility index (Phi) is 7.60. The van der Waals surface area contributed by atoms with Crippen LogP contribution in [0.1, 0.15) is 29.7 Å². The van der Waals surface area contributed by atoms with Gasteiger partial charge in [-0.15, -0.1) is 0 Å². The zero-order valence-electron chi connectivity index (χ0n) is 17.1. The van der Waals surface area contributed by atoms with Gasteiger partial charge in [-0.2, -0.15) is 0 Å². The highest BCUT2D eigenvalue weighted by molar-refractivity contribution is 5.71. The molecule has 5 heteroatoms. The zero-order chi connectivity index (χ0) is 21.3. The van der Waals surface area contributed by atoms with Gasteiger partial charge in [0.15, 0.2) is 0 Å². The van der Waals surface area contributed by atoms with E-state index in [1.165, 1.54) is 0 Å². The van der Waals surface area contributed by atoms with Gasteiger partial charge in [-0.05, 0) is 47.4 Å². The van der Waals surface area contributed by atoms with Crippen LogP contribution < -0.4 is 10.5 Å². The first-order valence-corrected chi connectivity index (χ1v) is 10.0. The summed E-state index contributed by atoms with van der Waals surface area (Å²) in [5.74, 6) is -0.287. The standard InChI is InChI=1S/C25H27NO4/c1-2-29-17-23(26)21-11-6-10-20(14-21)19-9-5-7-18(13-19)16-30-24-12-4-3-8-22(24)15-25(27)28/h3-14,23H,2,15-17,26H2,1H3,(H,27,28)/t23-/m1/s1. The number of para-hydroxylation sites is 1. The maximum absolute atomic E-state index is 11.1. The second kappa shape index (κ2) is 10.6. The molecule has 156 valence electrons. The van der Waals surface area contributed by atoms with Gasteiger partial charge in [-0.3, -0.25) is 4.79 Å². The average molecular weight is 405 g/mol. The summed E-state index contributed by atoms with van der Waals surface area (Å²) < 4.78 is 11.4. The number of carboxylic acid groups (broad SMARTS) is 1. The van der Waals surface area contributed by atoms with Crippen molar-refractivity contribution in [1.82, 2.24) is 0 Å². The topological polar surface area (TPSA) is 81.8 Å². The monoisotopic (exact) mass is 405 g/mol. The van der Waals surface area contributed by atoms with E-state index in [4.69, 9.17) is 20.3 Å². The van der Waals surface area contributed by atoms with E-state index in [0.717, 1.165) is 22.3 Å². The second-order valence-corrected chi connectivity index (χ2v) is 7.06. The third-order valence-corrected chi connectivity index (χ3v) is 4.79. The Morgan fingerprint density at radius 2 is 1.73 bits per heavy atom. The minimum atomic E-state index is -0.879. The van der Waals surface area contributed by atoms with Crippen LogP contribution in [0.5, 0.6) is 5.75 Å². The van der Waals surface area contributed by atoms with E-state index < -0.39 is 5.97 Å². The Balaban J connectivity index is 1.74. The summed E-state index contributed by atoms with van der Waals surface area (Å²) in [4.78, 5) is 11.1.